The molecule has 2 heteroatoms. The molecule has 1 aliphatic rings. The summed E-state index contributed by atoms with van der Waals surface area (Å²) in [6, 6.07) is 0. The van der Waals surface area contributed by atoms with Gasteiger partial charge in [-0.1, -0.05) is 13.8 Å². The van der Waals surface area contributed by atoms with E-state index in [1.807, 2.05) is 0 Å². The number of rotatable bonds is 2. The predicted molar refractivity (Wildman–Crippen MR) is 46.4 cm³/mol. The Bertz CT molecular complexity index is 136. The first-order chi connectivity index (χ1) is 5.02. The van der Waals surface area contributed by atoms with E-state index >= 15 is 0 Å². The highest BCUT2D eigenvalue weighted by Crippen LogP contribution is 2.23. The molecule has 1 heterocycles. The van der Waals surface area contributed by atoms with Gasteiger partial charge in [-0.25, -0.2) is 0 Å². The Morgan fingerprint density at radius 3 is 2.64 bits per heavy atom. The lowest BCUT2D eigenvalue weighted by molar-refractivity contribution is -0.0430. The van der Waals surface area contributed by atoms with Crippen molar-refractivity contribution in [2.45, 2.75) is 45.9 Å². The van der Waals surface area contributed by atoms with Gasteiger partial charge in [0.25, 0.3) is 0 Å². The van der Waals surface area contributed by atoms with Crippen LogP contribution < -0.4 is 5.32 Å². The van der Waals surface area contributed by atoms with Gasteiger partial charge >= 0.3 is 0 Å². The molecule has 0 aromatic heterocycles. The monoisotopic (exact) mass is 157 g/mol. The maximum Gasteiger partial charge on any atom is 0.117 e. The van der Waals surface area contributed by atoms with Crippen molar-refractivity contribution in [3.63, 3.8) is 0 Å². The number of hydrogen-bond acceptors (Lipinski definition) is 2. The summed E-state index contributed by atoms with van der Waals surface area (Å²) in [5.41, 5.74) is -0.0619. The zero-order valence-electron chi connectivity index (χ0n) is 7.98. The van der Waals surface area contributed by atoms with E-state index in [2.05, 4.69) is 33.0 Å². The third-order valence-corrected chi connectivity index (χ3v) is 2.02. The van der Waals surface area contributed by atoms with Crippen LogP contribution in [0.15, 0.2) is 0 Å². The Labute approximate surface area is 69.3 Å². The summed E-state index contributed by atoms with van der Waals surface area (Å²) in [5.74, 6) is 0.692. The van der Waals surface area contributed by atoms with Gasteiger partial charge in [-0.15, -0.1) is 0 Å². The first-order valence-electron chi connectivity index (χ1n) is 4.45. The molecule has 0 aliphatic carbocycles. The zero-order valence-corrected chi connectivity index (χ0v) is 7.98. The van der Waals surface area contributed by atoms with E-state index in [-0.39, 0.29) is 5.72 Å². The van der Waals surface area contributed by atoms with E-state index in [0.29, 0.717) is 12.0 Å². The lowest BCUT2D eigenvalue weighted by Gasteiger charge is -2.26. The summed E-state index contributed by atoms with van der Waals surface area (Å²) in [6.07, 6.45) is 1.47. The number of nitrogens with one attached hydrogen (secondary N) is 1. The first-order valence-corrected chi connectivity index (χ1v) is 4.45. The largest absolute Gasteiger partial charge is 0.357 e. The molecule has 1 aliphatic heterocycles. The average Bonchev–Trinajstić information content (AvgIpc) is 2.08. The van der Waals surface area contributed by atoms with Crippen molar-refractivity contribution in [3.8, 4) is 0 Å². The van der Waals surface area contributed by atoms with Gasteiger partial charge in [-0.2, -0.15) is 0 Å². The summed E-state index contributed by atoms with van der Waals surface area (Å²) in [4.78, 5) is 0. The quantitative estimate of drug-likeness (QED) is 0.659. The SMILES string of the molecule is CC(C)CC1(C)NCC(C)O1. The third-order valence-electron chi connectivity index (χ3n) is 2.02. The molecule has 1 fully saturated rings. The molecule has 0 spiro atoms. The Morgan fingerprint density at radius 1 is 1.64 bits per heavy atom. The Kier molecular flexibility index (Phi) is 2.55. The van der Waals surface area contributed by atoms with Gasteiger partial charge in [0.05, 0.1) is 6.10 Å². The molecule has 0 radical (unpaired) electrons. The maximum absolute atomic E-state index is 5.75. The fourth-order valence-electron chi connectivity index (χ4n) is 1.79. The van der Waals surface area contributed by atoms with Gasteiger partial charge in [-0.05, 0) is 26.2 Å². The van der Waals surface area contributed by atoms with Gasteiger partial charge in [0, 0.05) is 6.54 Å². The molecule has 0 amide bonds. The van der Waals surface area contributed by atoms with Crippen LogP contribution in [0.2, 0.25) is 0 Å². The van der Waals surface area contributed by atoms with E-state index in [4.69, 9.17) is 4.74 Å². The molecule has 66 valence electrons. The lowest BCUT2D eigenvalue weighted by Crippen LogP contribution is -2.38. The van der Waals surface area contributed by atoms with Crippen LogP contribution in [-0.2, 0) is 4.74 Å². The van der Waals surface area contributed by atoms with Crippen LogP contribution in [0.5, 0.6) is 0 Å². The van der Waals surface area contributed by atoms with E-state index < -0.39 is 0 Å². The minimum Gasteiger partial charge on any atom is -0.357 e. The van der Waals surface area contributed by atoms with Crippen molar-refractivity contribution < 1.29 is 4.74 Å². The Hall–Kier alpha value is -0.0800. The van der Waals surface area contributed by atoms with Crippen molar-refractivity contribution >= 4 is 0 Å². The van der Waals surface area contributed by atoms with Gasteiger partial charge in [0.15, 0.2) is 0 Å². The van der Waals surface area contributed by atoms with Crippen LogP contribution >= 0.6 is 0 Å². The Balaban J connectivity index is 2.42. The van der Waals surface area contributed by atoms with Crippen molar-refractivity contribution in [2.75, 3.05) is 6.54 Å². The third kappa shape index (κ3) is 2.46. The topological polar surface area (TPSA) is 21.3 Å². The van der Waals surface area contributed by atoms with E-state index in [1.165, 1.54) is 0 Å². The van der Waals surface area contributed by atoms with Crippen molar-refractivity contribution in [3.05, 3.63) is 0 Å². The molecule has 2 nitrogen and oxygen atoms in total. The predicted octanol–water partition coefficient (Wildman–Crippen LogP) is 1.76. The van der Waals surface area contributed by atoms with Crippen LogP contribution in [-0.4, -0.2) is 18.4 Å². The van der Waals surface area contributed by atoms with E-state index in [0.717, 1.165) is 13.0 Å². The minimum absolute atomic E-state index is 0.0619. The van der Waals surface area contributed by atoms with Gasteiger partial charge in [0.2, 0.25) is 0 Å². The van der Waals surface area contributed by atoms with Crippen LogP contribution in [0.1, 0.15) is 34.1 Å². The van der Waals surface area contributed by atoms with Crippen LogP contribution in [0.25, 0.3) is 0 Å². The van der Waals surface area contributed by atoms with E-state index in [1.54, 1.807) is 0 Å². The number of ether oxygens (including phenoxy) is 1. The summed E-state index contributed by atoms with van der Waals surface area (Å²) < 4.78 is 5.75. The molecule has 2 unspecified atom stereocenters. The summed E-state index contributed by atoms with van der Waals surface area (Å²) in [6.45, 7) is 9.68. The molecule has 2 atom stereocenters. The van der Waals surface area contributed by atoms with Crippen molar-refractivity contribution in [1.29, 1.82) is 0 Å². The van der Waals surface area contributed by atoms with E-state index in [9.17, 15) is 0 Å². The van der Waals surface area contributed by atoms with Crippen LogP contribution in [0.3, 0.4) is 0 Å². The molecule has 1 rings (SSSR count). The minimum atomic E-state index is -0.0619. The van der Waals surface area contributed by atoms with Crippen molar-refractivity contribution in [1.82, 2.24) is 5.32 Å². The summed E-state index contributed by atoms with van der Waals surface area (Å²) in [7, 11) is 0. The van der Waals surface area contributed by atoms with Gasteiger partial charge in [0.1, 0.15) is 5.72 Å². The van der Waals surface area contributed by atoms with Gasteiger partial charge < -0.3 is 4.74 Å². The molecule has 1 N–H and O–H groups in total. The highest BCUT2D eigenvalue weighted by atomic mass is 16.5. The average molecular weight is 157 g/mol. The lowest BCUT2D eigenvalue weighted by atomic mass is 10.0. The first kappa shape index (κ1) is 9.01. The summed E-state index contributed by atoms with van der Waals surface area (Å²) >= 11 is 0. The second kappa shape index (κ2) is 3.11. The standard InChI is InChI=1S/C9H19NO/c1-7(2)5-9(4)10-6-8(3)11-9/h7-8,10H,5-6H2,1-4H3. The fourth-order valence-corrected chi connectivity index (χ4v) is 1.79. The van der Waals surface area contributed by atoms with Crippen LogP contribution in [0, 0.1) is 5.92 Å². The fraction of sp³-hybridized carbons (Fsp3) is 1.00. The summed E-state index contributed by atoms with van der Waals surface area (Å²) in [5, 5.41) is 3.39. The van der Waals surface area contributed by atoms with Gasteiger partial charge in [-0.3, -0.25) is 5.32 Å². The molecule has 0 aromatic rings. The second-order valence-electron chi connectivity index (χ2n) is 4.14. The molecule has 11 heavy (non-hydrogen) atoms. The van der Waals surface area contributed by atoms with Crippen LogP contribution in [0.4, 0.5) is 0 Å². The zero-order chi connectivity index (χ0) is 8.48. The second-order valence-corrected chi connectivity index (χ2v) is 4.14. The van der Waals surface area contributed by atoms with Crippen molar-refractivity contribution in [2.24, 2.45) is 5.92 Å². The molecule has 0 saturated carbocycles. The smallest absolute Gasteiger partial charge is 0.117 e. The molecule has 0 bridgehead atoms. The highest BCUT2D eigenvalue weighted by Gasteiger charge is 2.33. The molecule has 0 aromatic carbocycles. The molecular weight excluding hydrogens is 138 g/mol. The molecular formula is C9H19NO. The maximum atomic E-state index is 5.75. The molecule has 1 saturated heterocycles. The normalized spacial score (nSPS) is 38.5. The Morgan fingerprint density at radius 2 is 2.27 bits per heavy atom. The highest BCUT2D eigenvalue weighted by molar-refractivity contribution is 4.82. The number of hydrogen-bond donors (Lipinski definition) is 1.